The van der Waals surface area contributed by atoms with Crippen molar-refractivity contribution in [3.8, 4) is 17.2 Å². The molecule has 29 heavy (non-hydrogen) atoms. The summed E-state index contributed by atoms with van der Waals surface area (Å²) in [6, 6.07) is 18.6. The molecule has 0 fully saturated rings. The number of aromatic nitrogens is 1. The number of nitrogens with zero attached hydrogens (tertiary/aromatic N) is 2. The second kappa shape index (κ2) is 9.43. The molecule has 3 aromatic rings. The molecule has 0 aliphatic carbocycles. The highest BCUT2D eigenvalue weighted by atomic mass is 16.7. The van der Waals surface area contributed by atoms with Crippen molar-refractivity contribution >= 4 is 0 Å². The predicted octanol–water partition coefficient (Wildman–Crippen LogP) is 4.80. The van der Waals surface area contributed by atoms with Crippen molar-refractivity contribution in [2.24, 2.45) is 0 Å². The van der Waals surface area contributed by atoms with Crippen LogP contribution >= 0.6 is 0 Å². The number of benzene rings is 2. The summed E-state index contributed by atoms with van der Waals surface area (Å²) in [5, 5.41) is 0. The van der Waals surface area contributed by atoms with Gasteiger partial charge in [0.05, 0.1) is 6.61 Å². The van der Waals surface area contributed by atoms with Crippen LogP contribution in [0.4, 0.5) is 0 Å². The number of pyridine rings is 1. The molecule has 5 nitrogen and oxygen atoms in total. The molecule has 1 aromatic heterocycles. The van der Waals surface area contributed by atoms with E-state index in [2.05, 4.69) is 59.3 Å². The van der Waals surface area contributed by atoms with Crippen molar-refractivity contribution in [1.82, 2.24) is 9.88 Å². The lowest BCUT2D eigenvalue weighted by Gasteiger charge is -2.24. The Bertz CT molecular complexity index is 930. The molecule has 0 amide bonds. The number of para-hydroxylation sites is 1. The normalized spacial score (nSPS) is 12.3. The zero-order valence-electron chi connectivity index (χ0n) is 16.7. The molecule has 1 aliphatic heterocycles. The third kappa shape index (κ3) is 5.06. The Kier molecular flexibility index (Phi) is 6.27. The van der Waals surface area contributed by atoms with Crippen molar-refractivity contribution in [3.63, 3.8) is 0 Å². The molecule has 0 spiro atoms. The fourth-order valence-corrected chi connectivity index (χ4v) is 3.44. The van der Waals surface area contributed by atoms with E-state index in [1.165, 1.54) is 16.7 Å². The summed E-state index contributed by atoms with van der Waals surface area (Å²) in [5.74, 6) is 2.59. The Hall–Kier alpha value is -3.05. The lowest BCUT2D eigenvalue weighted by atomic mass is 10.1. The van der Waals surface area contributed by atoms with Crippen molar-refractivity contribution in [2.75, 3.05) is 13.4 Å². The van der Waals surface area contributed by atoms with E-state index in [1.54, 1.807) is 0 Å². The molecule has 0 atom stereocenters. The van der Waals surface area contributed by atoms with Gasteiger partial charge in [0.1, 0.15) is 5.75 Å². The monoisotopic (exact) mass is 390 g/mol. The average molecular weight is 390 g/mol. The first kappa shape index (κ1) is 19.3. The lowest BCUT2D eigenvalue weighted by Crippen LogP contribution is -2.23. The van der Waals surface area contributed by atoms with Gasteiger partial charge in [0.15, 0.2) is 11.5 Å². The molecule has 1 aliphatic rings. The van der Waals surface area contributed by atoms with Gasteiger partial charge in [-0.3, -0.25) is 9.88 Å². The van der Waals surface area contributed by atoms with Crippen LogP contribution in [0, 0.1) is 0 Å². The summed E-state index contributed by atoms with van der Waals surface area (Å²) in [7, 11) is 0. The molecule has 0 saturated carbocycles. The molecule has 0 saturated heterocycles. The molecule has 4 rings (SSSR count). The quantitative estimate of drug-likeness (QED) is 0.525. The zero-order chi connectivity index (χ0) is 19.9. The molecule has 0 unspecified atom stereocenters. The Balaban J connectivity index is 1.55. The van der Waals surface area contributed by atoms with E-state index < -0.39 is 0 Å². The zero-order valence-corrected chi connectivity index (χ0v) is 16.7. The summed E-state index contributed by atoms with van der Waals surface area (Å²) >= 11 is 0. The standard InChI is InChI=1S/C24H26N2O3/c1-2-13-27-22-6-4-3-5-21(22)17-26(15-19-9-11-25-12-10-19)16-20-7-8-23-24(14-20)29-18-28-23/h3-12,14H,2,13,15-18H2,1H3. The average Bonchev–Trinajstić information content (AvgIpc) is 3.22. The van der Waals surface area contributed by atoms with Crippen LogP contribution in [0.5, 0.6) is 17.2 Å². The molecular formula is C24H26N2O3. The van der Waals surface area contributed by atoms with Crippen molar-refractivity contribution in [3.05, 3.63) is 83.7 Å². The minimum atomic E-state index is 0.293. The van der Waals surface area contributed by atoms with E-state index in [-0.39, 0.29) is 0 Å². The van der Waals surface area contributed by atoms with E-state index in [0.717, 1.165) is 49.9 Å². The van der Waals surface area contributed by atoms with Crippen molar-refractivity contribution in [1.29, 1.82) is 0 Å². The molecular weight excluding hydrogens is 364 g/mol. The summed E-state index contributed by atoms with van der Waals surface area (Å²) < 4.78 is 17.0. The van der Waals surface area contributed by atoms with Crippen LogP contribution in [-0.2, 0) is 19.6 Å². The minimum Gasteiger partial charge on any atom is -0.493 e. The maximum atomic E-state index is 5.97. The lowest BCUT2D eigenvalue weighted by molar-refractivity contribution is 0.174. The van der Waals surface area contributed by atoms with Crippen LogP contribution < -0.4 is 14.2 Å². The van der Waals surface area contributed by atoms with Crippen LogP contribution in [0.3, 0.4) is 0 Å². The fourth-order valence-electron chi connectivity index (χ4n) is 3.44. The number of hydrogen-bond acceptors (Lipinski definition) is 5. The van der Waals surface area contributed by atoms with E-state index in [1.807, 2.05) is 24.5 Å². The second-order valence-electron chi connectivity index (χ2n) is 7.14. The number of hydrogen-bond donors (Lipinski definition) is 0. The van der Waals surface area contributed by atoms with Gasteiger partial charge in [0.2, 0.25) is 6.79 Å². The first-order chi connectivity index (χ1) is 14.3. The van der Waals surface area contributed by atoms with Crippen LogP contribution in [0.15, 0.2) is 67.0 Å². The Morgan fingerprint density at radius 2 is 1.69 bits per heavy atom. The van der Waals surface area contributed by atoms with E-state index in [0.29, 0.717) is 6.79 Å². The first-order valence-electron chi connectivity index (χ1n) is 10.0. The van der Waals surface area contributed by atoms with E-state index in [9.17, 15) is 0 Å². The predicted molar refractivity (Wildman–Crippen MR) is 112 cm³/mol. The largest absolute Gasteiger partial charge is 0.493 e. The molecule has 2 aromatic carbocycles. The van der Waals surface area contributed by atoms with Gasteiger partial charge in [-0.15, -0.1) is 0 Å². The molecule has 0 radical (unpaired) electrons. The SMILES string of the molecule is CCCOc1ccccc1CN(Cc1ccncc1)Cc1ccc2c(c1)OCO2. The van der Waals surface area contributed by atoms with Gasteiger partial charge >= 0.3 is 0 Å². The number of fused-ring (bicyclic) bond motifs is 1. The van der Waals surface area contributed by atoms with Gasteiger partial charge in [0.25, 0.3) is 0 Å². The highest BCUT2D eigenvalue weighted by Gasteiger charge is 2.16. The van der Waals surface area contributed by atoms with E-state index >= 15 is 0 Å². The van der Waals surface area contributed by atoms with Crippen LogP contribution in [-0.4, -0.2) is 23.3 Å². The summed E-state index contributed by atoms with van der Waals surface area (Å²) in [6.45, 7) is 5.54. The van der Waals surface area contributed by atoms with Crippen molar-refractivity contribution < 1.29 is 14.2 Å². The van der Waals surface area contributed by atoms with Crippen LogP contribution in [0.1, 0.15) is 30.0 Å². The maximum absolute atomic E-state index is 5.97. The molecule has 0 bridgehead atoms. The molecule has 2 heterocycles. The van der Waals surface area contributed by atoms with E-state index in [4.69, 9.17) is 14.2 Å². The highest BCUT2D eigenvalue weighted by Crippen LogP contribution is 2.33. The third-order valence-corrected chi connectivity index (χ3v) is 4.83. The molecule has 0 N–H and O–H groups in total. The Morgan fingerprint density at radius 1 is 0.897 bits per heavy atom. The van der Waals surface area contributed by atoms with Gasteiger partial charge in [0, 0.05) is 37.6 Å². The van der Waals surface area contributed by atoms with Crippen LogP contribution in [0.2, 0.25) is 0 Å². The summed E-state index contributed by atoms with van der Waals surface area (Å²) in [6.07, 6.45) is 4.67. The molecule has 5 heteroatoms. The van der Waals surface area contributed by atoms with Gasteiger partial charge in [-0.1, -0.05) is 31.2 Å². The fraction of sp³-hybridized carbons (Fsp3) is 0.292. The van der Waals surface area contributed by atoms with Gasteiger partial charge in [-0.05, 0) is 47.9 Å². The van der Waals surface area contributed by atoms with Crippen molar-refractivity contribution in [2.45, 2.75) is 33.0 Å². The summed E-state index contributed by atoms with van der Waals surface area (Å²) in [4.78, 5) is 6.54. The number of ether oxygens (including phenoxy) is 3. The Morgan fingerprint density at radius 3 is 2.55 bits per heavy atom. The third-order valence-electron chi connectivity index (χ3n) is 4.83. The summed E-state index contributed by atoms with van der Waals surface area (Å²) in [5.41, 5.74) is 3.61. The highest BCUT2D eigenvalue weighted by molar-refractivity contribution is 5.44. The maximum Gasteiger partial charge on any atom is 0.231 e. The van der Waals surface area contributed by atoms with Gasteiger partial charge in [-0.25, -0.2) is 0 Å². The topological polar surface area (TPSA) is 43.8 Å². The number of rotatable bonds is 9. The minimum absolute atomic E-state index is 0.293. The van der Waals surface area contributed by atoms with Crippen LogP contribution in [0.25, 0.3) is 0 Å². The first-order valence-corrected chi connectivity index (χ1v) is 10.0. The molecule has 150 valence electrons. The second-order valence-corrected chi connectivity index (χ2v) is 7.14. The van der Waals surface area contributed by atoms with Gasteiger partial charge < -0.3 is 14.2 Å². The Labute approximate surface area is 171 Å². The smallest absolute Gasteiger partial charge is 0.231 e. The van der Waals surface area contributed by atoms with Gasteiger partial charge in [-0.2, -0.15) is 0 Å².